The molecule has 1 aromatic rings. The molecule has 18 heavy (non-hydrogen) atoms. The Kier molecular flexibility index (Phi) is 4.62. The van der Waals surface area contributed by atoms with Crippen molar-refractivity contribution in [1.82, 2.24) is 0 Å². The first-order valence-corrected chi connectivity index (χ1v) is 4.92. The van der Waals surface area contributed by atoms with Gasteiger partial charge in [0, 0.05) is 6.08 Å². The van der Waals surface area contributed by atoms with Crippen LogP contribution in [0.5, 0.6) is 0 Å². The molecule has 0 radical (unpaired) electrons. The quantitative estimate of drug-likeness (QED) is 0.584. The molecule has 1 aromatic carbocycles. The summed E-state index contributed by atoms with van der Waals surface area (Å²) < 4.78 is 4.54. The second kappa shape index (κ2) is 6.19. The molecule has 0 aliphatic rings. The number of methoxy groups -OCH3 is 1. The Balaban J connectivity index is 2.88. The highest BCUT2D eigenvalue weighted by Gasteiger charge is 2.11. The molecule has 0 saturated carbocycles. The van der Waals surface area contributed by atoms with Gasteiger partial charge in [0.05, 0.1) is 24.3 Å². The summed E-state index contributed by atoms with van der Waals surface area (Å²) in [7, 11) is 1.22. The Hall–Kier alpha value is -2.63. The number of hydrogen-bond acceptors (Lipinski definition) is 5. The molecule has 0 bridgehead atoms. The van der Waals surface area contributed by atoms with Gasteiger partial charge in [0.1, 0.15) is 0 Å². The minimum atomic E-state index is -1.48. The van der Waals surface area contributed by atoms with Gasteiger partial charge in [-0.25, -0.2) is 4.79 Å². The zero-order valence-electron chi connectivity index (χ0n) is 9.51. The van der Waals surface area contributed by atoms with Crippen molar-refractivity contribution in [3.05, 3.63) is 42.0 Å². The minimum absolute atomic E-state index is 0.176. The number of carboxylic acid groups (broad SMARTS) is 1. The second-order valence-corrected chi connectivity index (χ2v) is 3.18. The second-order valence-electron chi connectivity index (χ2n) is 3.18. The van der Waals surface area contributed by atoms with Gasteiger partial charge in [0.25, 0.3) is 0 Å². The van der Waals surface area contributed by atoms with E-state index in [0.29, 0.717) is 6.08 Å². The lowest BCUT2D eigenvalue weighted by molar-refractivity contribution is -0.297. The van der Waals surface area contributed by atoms with Crippen LogP contribution in [0.2, 0.25) is 0 Å². The SMILES string of the molecule is COC(=O)c1ccccc1NC(=O)/C=C/C(=O)[O-]. The zero-order valence-corrected chi connectivity index (χ0v) is 9.51. The maximum atomic E-state index is 11.4. The van der Waals surface area contributed by atoms with Gasteiger partial charge in [-0.15, -0.1) is 0 Å². The minimum Gasteiger partial charge on any atom is -0.545 e. The van der Waals surface area contributed by atoms with Gasteiger partial charge in [0.2, 0.25) is 5.91 Å². The Morgan fingerprint density at radius 1 is 1.22 bits per heavy atom. The van der Waals surface area contributed by atoms with E-state index < -0.39 is 17.8 Å². The van der Waals surface area contributed by atoms with Gasteiger partial charge in [-0.05, 0) is 18.2 Å². The molecule has 0 unspecified atom stereocenters. The fourth-order valence-electron chi connectivity index (χ4n) is 1.20. The highest BCUT2D eigenvalue weighted by atomic mass is 16.5. The number of benzene rings is 1. The first kappa shape index (κ1) is 13.4. The maximum Gasteiger partial charge on any atom is 0.339 e. The number of esters is 1. The number of aliphatic carboxylic acids is 1. The molecule has 6 nitrogen and oxygen atoms in total. The number of hydrogen-bond donors (Lipinski definition) is 1. The topological polar surface area (TPSA) is 95.5 Å². The third kappa shape index (κ3) is 3.75. The summed E-state index contributed by atoms with van der Waals surface area (Å²) in [6, 6.07) is 6.20. The van der Waals surface area contributed by atoms with Crippen LogP contribution in [-0.2, 0) is 14.3 Å². The molecule has 0 aromatic heterocycles. The number of rotatable bonds is 4. The van der Waals surface area contributed by atoms with E-state index in [2.05, 4.69) is 10.1 Å². The number of amides is 1. The molecule has 0 fully saturated rings. The van der Waals surface area contributed by atoms with E-state index in [-0.39, 0.29) is 11.3 Å². The molecule has 6 heteroatoms. The van der Waals surface area contributed by atoms with E-state index in [9.17, 15) is 19.5 Å². The predicted molar refractivity (Wildman–Crippen MR) is 60.6 cm³/mol. The van der Waals surface area contributed by atoms with Gasteiger partial charge in [0.15, 0.2) is 0 Å². The highest BCUT2D eigenvalue weighted by molar-refractivity contribution is 6.06. The summed E-state index contributed by atoms with van der Waals surface area (Å²) in [6.07, 6.45) is 1.39. The molecule has 0 atom stereocenters. The standard InChI is InChI=1S/C12H11NO5/c1-18-12(17)8-4-2-3-5-9(8)13-10(14)6-7-11(15)16/h2-7H,1H3,(H,13,14)(H,15,16)/p-1/b7-6+. The third-order valence-corrected chi connectivity index (χ3v) is 1.96. The molecular formula is C12H10NO5-. The molecule has 0 saturated heterocycles. The van der Waals surface area contributed by atoms with Crippen molar-refractivity contribution in [2.24, 2.45) is 0 Å². The van der Waals surface area contributed by atoms with Crippen molar-refractivity contribution in [3.63, 3.8) is 0 Å². The van der Waals surface area contributed by atoms with E-state index in [1.165, 1.54) is 19.2 Å². The van der Waals surface area contributed by atoms with Crippen LogP contribution >= 0.6 is 0 Å². The van der Waals surface area contributed by atoms with Crippen LogP contribution < -0.4 is 10.4 Å². The molecule has 0 heterocycles. The number of nitrogens with one attached hydrogen (secondary N) is 1. The molecule has 0 aliphatic carbocycles. The van der Waals surface area contributed by atoms with Crippen molar-refractivity contribution in [1.29, 1.82) is 0 Å². The van der Waals surface area contributed by atoms with Crippen LogP contribution in [0.1, 0.15) is 10.4 Å². The van der Waals surface area contributed by atoms with Gasteiger partial charge >= 0.3 is 5.97 Å². The fourth-order valence-corrected chi connectivity index (χ4v) is 1.20. The molecule has 1 amide bonds. The number of carbonyl (C=O) groups excluding carboxylic acids is 3. The van der Waals surface area contributed by atoms with Crippen LogP contribution in [0.4, 0.5) is 5.69 Å². The average molecular weight is 248 g/mol. The number of para-hydroxylation sites is 1. The van der Waals surface area contributed by atoms with Gasteiger partial charge in [-0.1, -0.05) is 12.1 Å². The summed E-state index contributed by atoms with van der Waals surface area (Å²) in [6.45, 7) is 0. The molecule has 1 rings (SSSR count). The maximum absolute atomic E-state index is 11.4. The molecule has 0 spiro atoms. The average Bonchev–Trinajstić information content (AvgIpc) is 2.36. The number of carboxylic acids is 1. The lowest BCUT2D eigenvalue weighted by atomic mass is 10.2. The first-order chi connectivity index (χ1) is 8.54. The van der Waals surface area contributed by atoms with E-state index >= 15 is 0 Å². The Bertz CT molecular complexity index is 507. The lowest BCUT2D eigenvalue weighted by Crippen LogP contribution is -2.20. The van der Waals surface area contributed by atoms with Crippen LogP contribution in [0.3, 0.4) is 0 Å². The zero-order chi connectivity index (χ0) is 13.5. The third-order valence-electron chi connectivity index (χ3n) is 1.96. The number of carbonyl (C=O) groups is 3. The smallest absolute Gasteiger partial charge is 0.339 e. The lowest BCUT2D eigenvalue weighted by Gasteiger charge is -2.07. The van der Waals surface area contributed by atoms with E-state index in [0.717, 1.165) is 6.08 Å². The molecular weight excluding hydrogens is 238 g/mol. The molecule has 94 valence electrons. The normalized spacial score (nSPS) is 10.1. The van der Waals surface area contributed by atoms with Crippen molar-refractivity contribution in [2.45, 2.75) is 0 Å². The predicted octanol–water partition coefficient (Wildman–Crippen LogP) is -0.282. The van der Waals surface area contributed by atoms with Crippen LogP contribution in [0.15, 0.2) is 36.4 Å². The monoisotopic (exact) mass is 248 g/mol. The van der Waals surface area contributed by atoms with E-state index in [4.69, 9.17) is 0 Å². The summed E-state index contributed by atoms with van der Waals surface area (Å²) in [5.74, 6) is -2.77. The Morgan fingerprint density at radius 3 is 2.50 bits per heavy atom. The summed E-state index contributed by atoms with van der Waals surface area (Å²) >= 11 is 0. The molecule has 0 aliphatic heterocycles. The van der Waals surface area contributed by atoms with Crippen LogP contribution in [-0.4, -0.2) is 25.0 Å². The summed E-state index contributed by atoms with van der Waals surface area (Å²) in [5.41, 5.74) is 0.410. The first-order valence-electron chi connectivity index (χ1n) is 4.92. The summed E-state index contributed by atoms with van der Waals surface area (Å²) in [4.78, 5) is 32.9. The van der Waals surface area contributed by atoms with E-state index in [1.54, 1.807) is 12.1 Å². The van der Waals surface area contributed by atoms with Crippen molar-refractivity contribution >= 4 is 23.5 Å². The van der Waals surface area contributed by atoms with E-state index in [1.807, 2.05) is 0 Å². The number of anilines is 1. The fraction of sp³-hybridized carbons (Fsp3) is 0.0833. The van der Waals surface area contributed by atoms with Crippen molar-refractivity contribution in [2.75, 3.05) is 12.4 Å². The summed E-state index contributed by atoms with van der Waals surface area (Å²) in [5, 5.41) is 12.5. The van der Waals surface area contributed by atoms with Crippen molar-refractivity contribution in [3.8, 4) is 0 Å². The molecule has 1 N–H and O–H groups in total. The Morgan fingerprint density at radius 2 is 1.89 bits per heavy atom. The van der Waals surface area contributed by atoms with Crippen LogP contribution in [0.25, 0.3) is 0 Å². The van der Waals surface area contributed by atoms with Gasteiger partial charge < -0.3 is 20.0 Å². The Labute approximate surface area is 103 Å². The largest absolute Gasteiger partial charge is 0.545 e. The highest BCUT2D eigenvalue weighted by Crippen LogP contribution is 2.15. The van der Waals surface area contributed by atoms with Gasteiger partial charge in [-0.3, -0.25) is 4.79 Å². The van der Waals surface area contributed by atoms with Crippen molar-refractivity contribution < 1.29 is 24.2 Å². The number of ether oxygens (including phenoxy) is 1. The van der Waals surface area contributed by atoms with Crippen LogP contribution in [0, 0.1) is 0 Å². The van der Waals surface area contributed by atoms with Gasteiger partial charge in [-0.2, -0.15) is 0 Å².